The molecule has 106 valence electrons. The summed E-state index contributed by atoms with van der Waals surface area (Å²) in [5.41, 5.74) is 2.10. The number of carbonyl (C=O) groups is 1. The maximum Gasteiger partial charge on any atom is 0.313 e. The fourth-order valence-corrected chi connectivity index (χ4v) is 2.99. The van der Waals surface area contributed by atoms with Gasteiger partial charge in [-0.1, -0.05) is 18.7 Å². The van der Waals surface area contributed by atoms with Crippen LogP contribution in [0.15, 0.2) is 40.5 Å². The van der Waals surface area contributed by atoms with Crippen molar-refractivity contribution in [2.24, 2.45) is 0 Å². The third-order valence-electron chi connectivity index (χ3n) is 2.82. The molecule has 0 atom stereocenters. The van der Waals surface area contributed by atoms with Crippen molar-refractivity contribution in [2.75, 3.05) is 12.0 Å². The molecular formula is C14H16N2O2S2. The van der Waals surface area contributed by atoms with Crippen molar-refractivity contribution < 1.29 is 9.90 Å². The molecule has 0 saturated carbocycles. The minimum Gasteiger partial charge on any atom is -0.481 e. The maximum atomic E-state index is 10.7. The number of imidazole rings is 1. The summed E-state index contributed by atoms with van der Waals surface area (Å²) in [6, 6.07) is 8.20. The molecular weight excluding hydrogens is 292 g/mol. The first kappa shape index (κ1) is 15.0. The third kappa shape index (κ3) is 3.37. The molecule has 0 fully saturated rings. The number of rotatable bonds is 6. The van der Waals surface area contributed by atoms with Gasteiger partial charge in [0.15, 0.2) is 5.16 Å². The summed E-state index contributed by atoms with van der Waals surface area (Å²) >= 11 is 2.94. The molecule has 2 rings (SSSR count). The average molecular weight is 308 g/mol. The van der Waals surface area contributed by atoms with E-state index in [4.69, 9.17) is 5.11 Å². The Morgan fingerprint density at radius 2 is 2.05 bits per heavy atom. The molecule has 20 heavy (non-hydrogen) atoms. The van der Waals surface area contributed by atoms with Crippen LogP contribution in [0.3, 0.4) is 0 Å². The fourth-order valence-electron chi connectivity index (χ4n) is 1.85. The number of benzene rings is 1. The first-order valence-electron chi connectivity index (χ1n) is 6.21. The molecule has 2 aromatic rings. The smallest absolute Gasteiger partial charge is 0.313 e. The van der Waals surface area contributed by atoms with E-state index in [2.05, 4.69) is 24.0 Å². The van der Waals surface area contributed by atoms with Crippen LogP contribution in [0.1, 0.15) is 12.6 Å². The van der Waals surface area contributed by atoms with E-state index in [1.165, 1.54) is 16.7 Å². The molecule has 0 aliphatic heterocycles. The van der Waals surface area contributed by atoms with Crippen molar-refractivity contribution in [2.45, 2.75) is 23.4 Å². The molecule has 1 heterocycles. The van der Waals surface area contributed by atoms with Crippen LogP contribution in [-0.4, -0.2) is 32.6 Å². The molecule has 1 N–H and O–H groups in total. The number of thioether (sulfide) groups is 2. The molecule has 1 aromatic heterocycles. The lowest BCUT2D eigenvalue weighted by atomic mass is 10.3. The highest BCUT2D eigenvalue weighted by atomic mass is 32.2. The molecule has 1 aromatic carbocycles. The van der Waals surface area contributed by atoms with Gasteiger partial charge in [-0.3, -0.25) is 9.36 Å². The number of aliphatic carboxylic acids is 1. The van der Waals surface area contributed by atoms with Crippen LogP contribution in [0, 0.1) is 0 Å². The normalized spacial score (nSPS) is 10.7. The van der Waals surface area contributed by atoms with Crippen LogP contribution in [0.4, 0.5) is 0 Å². The van der Waals surface area contributed by atoms with Gasteiger partial charge in [0, 0.05) is 22.5 Å². The highest BCUT2D eigenvalue weighted by Gasteiger charge is 2.12. The summed E-state index contributed by atoms with van der Waals surface area (Å²) in [4.78, 5) is 16.3. The van der Waals surface area contributed by atoms with Gasteiger partial charge < -0.3 is 5.11 Å². The standard InChI is InChI=1S/C14H16N2O2S2/c1-3-10-8-15-14(20-9-13(17)18)16(10)11-4-6-12(19-2)7-5-11/h4-8H,3,9H2,1-2H3,(H,17,18). The highest BCUT2D eigenvalue weighted by Crippen LogP contribution is 2.25. The molecule has 0 amide bonds. The minimum atomic E-state index is -0.833. The second kappa shape index (κ2) is 6.85. The van der Waals surface area contributed by atoms with Crippen molar-refractivity contribution in [1.29, 1.82) is 0 Å². The van der Waals surface area contributed by atoms with Crippen LogP contribution in [0.5, 0.6) is 0 Å². The number of hydrogen-bond donors (Lipinski definition) is 1. The first-order chi connectivity index (χ1) is 9.65. The molecule has 0 aliphatic rings. The van der Waals surface area contributed by atoms with Crippen molar-refractivity contribution in [1.82, 2.24) is 9.55 Å². The molecule has 0 radical (unpaired) electrons. The monoisotopic (exact) mass is 308 g/mol. The summed E-state index contributed by atoms with van der Waals surface area (Å²) in [7, 11) is 0. The Morgan fingerprint density at radius 1 is 1.35 bits per heavy atom. The van der Waals surface area contributed by atoms with Gasteiger partial charge in [-0.2, -0.15) is 0 Å². The number of nitrogens with zero attached hydrogens (tertiary/aromatic N) is 2. The summed E-state index contributed by atoms with van der Waals surface area (Å²) < 4.78 is 2.03. The van der Waals surface area contributed by atoms with Gasteiger partial charge in [0.25, 0.3) is 0 Å². The topological polar surface area (TPSA) is 55.1 Å². The summed E-state index contributed by atoms with van der Waals surface area (Å²) in [6.45, 7) is 2.06. The van der Waals surface area contributed by atoms with Gasteiger partial charge in [-0.15, -0.1) is 11.8 Å². The van der Waals surface area contributed by atoms with Crippen LogP contribution in [0.2, 0.25) is 0 Å². The molecule has 0 saturated heterocycles. The van der Waals surface area contributed by atoms with E-state index in [1.807, 2.05) is 29.2 Å². The van der Waals surface area contributed by atoms with Gasteiger partial charge in [-0.05, 0) is 36.9 Å². The number of aryl methyl sites for hydroxylation is 1. The Kier molecular flexibility index (Phi) is 5.14. The lowest BCUT2D eigenvalue weighted by Crippen LogP contribution is -2.04. The molecule has 0 spiro atoms. The molecule has 6 heteroatoms. The zero-order valence-electron chi connectivity index (χ0n) is 11.4. The second-order valence-electron chi connectivity index (χ2n) is 4.10. The first-order valence-corrected chi connectivity index (χ1v) is 8.42. The quantitative estimate of drug-likeness (QED) is 0.830. The summed E-state index contributed by atoms with van der Waals surface area (Å²) in [5, 5.41) is 9.53. The summed E-state index contributed by atoms with van der Waals surface area (Å²) in [5.74, 6) is -0.816. The van der Waals surface area contributed by atoms with Gasteiger partial charge in [0.05, 0.1) is 5.75 Å². The van der Waals surface area contributed by atoms with Crippen molar-refractivity contribution in [3.63, 3.8) is 0 Å². The van der Waals surface area contributed by atoms with Crippen LogP contribution < -0.4 is 0 Å². The number of aromatic nitrogens is 2. The van der Waals surface area contributed by atoms with E-state index >= 15 is 0 Å². The number of carboxylic acids is 1. The van der Waals surface area contributed by atoms with Gasteiger partial charge in [-0.25, -0.2) is 4.98 Å². The molecule has 0 aliphatic carbocycles. The van der Waals surface area contributed by atoms with E-state index in [0.29, 0.717) is 0 Å². The number of hydrogen-bond acceptors (Lipinski definition) is 4. The SMILES string of the molecule is CCc1cnc(SCC(=O)O)n1-c1ccc(SC)cc1. The maximum absolute atomic E-state index is 10.7. The Bertz CT molecular complexity index is 594. The highest BCUT2D eigenvalue weighted by molar-refractivity contribution is 7.99. The van der Waals surface area contributed by atoms with Crippen LogP contribution in [-0.2, 0) is 11.2 Å². The Labute approximate surface area is 126 Å². The van der Waals surface area contributed by atoms with Gasteiger partial charge in [0.1, 0.15) is 0 Å². The van der Waals surface area contributed by atoms with E-state index < -0.39 is 5.97 Å². The second-order valence-corrected chi connectivity index (χ2v) is 5.92. The van der Waals surface area contributed by atoms with Crippen LogP contribution >= 0.6 is 23.5 Å². The largest absolute Gasteiger partial charge is 0.481 e. The van der Waals surface area contributed by atoms with Crippen molar-refractivity contribution in [3.8, 4) is 5.69 Å². The molecule has 0 unspecified atom stereocenters. The van der Waals surface area contributed by atoms with Gasteiger partial charge >= 0.3 is 5.97 Å². The average Bonchev–Trinajstić information content (AvgIpc) is 2.88. The third-order valence-corrected chi connectivity index (χ3v) is 4.50. The Hall–Kier alpha value is -1.40. The lowest BCUT2D eigenvalue weighted by Gasteiger charge is -2.11. The lowest BCUT2D eigenvalue weighted by molar-refractivity contribution is -0.133. The Morgan fingerprint density at radius 3 is 2.60 bits per heavy atom. The minimum absolute atomic E-state index is 0.0169. The van der Waals surface area contributed by atoms with Crippen molar-refractivity contribution in [3.05, 3.63) is 36.2 Å². The van der Waals surface area contributed by atoms with Crippen molar-refractivity contribution >= 4 is 29.5 Å². The zero-order chi connectivity index (χ0) is 14.5. The van der Waals surface area contributed by atoms with Gasteiger partial charge in [0.2, 0.25) is 0 Å². The summed E-state index contributed by atoms with van der Waals surface area (Å²) in [6.07, 6.45) is 4.70. The number of carboxylic acid groups (broad SMARTS) is 1. The van der Waals surface area contributed by atoms with E-state index in [-0.39, 0.29) is 5.75 Å². The fraction of sp³-hybridized carbons (Fsp3) is 0.286. The van der Waals surface area contributed by atoms with E-state index in [0.717, 1.165) is 23.0 Å². The Balaban J connectivity index is 2.36. The van der Waals surface area contributed by atoms with Crippen LogP contribution in [0.25, 0.3) is 5.69 Å². The predicted molar refractivity (Wildman–Crippen MR) is 83.1 cm³/mol. The predicted octanol–water partition coefficient (Wildman–Crippen LogP) is 3.33. The van der Waals surface area contributed by atoms with E-state index in [1.54, 1.807) is 11.8 Å². The van der Waals surface area contributed by atoms with E-state index in [9.17, 15) is 4.79 Å². The molecule has 0 bridgehead atoms. The zero-order valence-corrected chi connectivity index (χ0v) is 13.0. The molecule has 4 nitrogen and oxygen atoms in total.